The average molecular weight is 239 g/mol. The van der Waals surface area contributed by atoms with Crippen molar-refractivity contribution in [3.63, 3.8) is 0 Å². The van der Waals surface area contributed by atoms with Crippen molar-refractivity contribution in [2.75, 3.05) is 0 Å². The molecule has 0 heterocycles. The first-order valence-corrected chi connectivity index (χ1v) is 5.85. The second-order valence-electron chi connectivity index (χ2n) is 4.30. The number of rotatable bonds is 2. The Hall–Kier alpha value is -2.29. The van der Waals surface area contributed by atoms with Gasteiger partial charge < -0.3 is 11.5 Å². The Bertz CT molecular complexity index is 582. The number of aryl methyl sites for hydroxylation is 1. The van der Waals surface area contributed by atoms with Crippen LogP contribution in [0, 0.1) is 13.8 Å². The van der Waals surface area contributed by atoms with Crippen molar-refractivity contribution >= 4 is 11.6 Å². The van der Waals surface area contributed by atoms with Crippen molar-refractivity contribution in [2.24, 2.45) is 16.5 Å². The minimum absolute atomic E-state index is 0.0842. The molecule has 0 saturated heterocycles. The molecular formula is C15H17N3. The van der Waals surface area contributed by atoms with Gasteiger partial charge in [-0.3, -0.25) is 0 Å². The van der Waals surface area contributed by atoms with E-state index in [0.29, 0.717) is 0 Å². The van der Waals surface area contributed by atoms with Gasteiger partial charge in [0.15, 0.2) is 5.96 Å². The van der Waals surface area contributed by atoms with Crippen LogP contribution in [-0.4, -0.2) is 5.96 Å². The van der Waals surface area contributed by atoms with Gasteiger partial charge in [0.25, 0.3) is 0 Å². The molecule has 2 rings (SSSR count). The molecule has 0 aromatic heterocycles. The van der Waals surface area contributed by atoms with E-state index in [2.05, 4.69) is 24.0 Å². The molecule has 0 aliphatic carbocycles. The molecule has 3 nitrogen and oxygen atoms in total. The van der Waals surface area contributed by atoms with Crippen LogP contribution in [0.3, 0.4) is 0 Å². The first kappa shape index (κ1) is 12.2. The van der Waals surface area contributed by atoms with E-state index in [-0.39, 0.29) is 5.96 Å². The molecule has 0 aliphatic heterocycles. The molecule has 3 heteroatoms. The van der Waals surface area contributed by atoms with Crippen LogP contribution in [0.25, 0.3) is 11.1 Å². The number of hydrogen-bond donors (Lipinski definition) is 2. The summed E-state index contributed by atoms with van der Waals surface area (Å²) in [5.41, 5.74) is 16.4. The third-order valence-electron chi connectivity index (χ3n) is 2.96. The van der Waals surface area contributed by atoms with Crippen LogP contribution < -0.4 is 11.5 Å². The molecule has 92 valence electrons. The Kier molecular flexibility index (Phi) is 3.33. The highest BCUT2D eigenvalue weighted by Gasteiger charge is 2.08. The summed E-state index contributed by atoms with van der Waals surface area (Å²) in [5, 5.41) is 0. The Balaban J connectivity index is 2.64. The number of benzene rings is 2. The summed E-state index contributed by atoms with van der Waals surface area (Å²) in [6.07, 6.45) is 0. The summed E-state index contributed by atoms with van der Waals surface area (Å²) < 4.78 is 0. The van der Waals surface area contributed by atoms with Crippen LogP contribution >= 0.6 is 0 Å². The molecule has 0 spiro atoms. The van der Waals surface area contributed by atoms with Crippen molar-refractivity contribution in [3.8, 4) is 11.1 Å². The molecule has 2 aromatic carbocycles. The van der Waals surface area contributed by atoms with Gasteiger partial charge in [0.1, 0.15) is 0 Å². The van der Waals surface area contributed by atoms with Crippen LogP contribution in [0.1, 0.15) is 11.1 Å². The second kappa shape index (κ2) is 4.92. The van der Waals surface area contributed by atoms with E-state index in [4.69, 9.17) is 11.5 Å². The quantitative estimate of drug-likeness (QED) is 0.625. The zero-order chi connectivity index (χ0) is 13.1. The number of guanidine groups is 1. The lowest BCUT2D eigenvalue weighted by atomic mass is 9.95. The van der Waals surface area contributed by atoms with Gasteiger partial charge in [0.2, 0.25) is 0 Å². The number of aliphatic imine (C=N–C) groups is 1. The van der Waals surface area contributed by atoms with Gasteiger partial charge in [-0.25, -0.2) is 4.99 Å². The van der Waals surface area contributed by atoms with Gasteiger partial charge in [-0.15, -0.1) is 0 Å². The van der Waals surface area contributed by atoms with E-state index in [1.165, 1.54) is 16.7 Å². The maximum Gasteiger partial charge on any atom is 0.191 e. The summed E-state index contributed by atoms with van der Waals surface area (Å²) in [7, 11) is 0. The van der Waals surface area contributed by atoms with Crippen molar-refractivity contribution in [1.82, 2.24) is 0 Å². The first-order chi connectivity index (χ1) is 8.59. The molecule has 0 amide bonds. The van der Waals surface area contributed by atoms with Crippen molar-refractivity contribution in [3.05, 3.63) is 53.6 Å². The third-order valence-corrected chi connectivity index (χ3v) is 2.96. The van der Waals surface area contributed by atoms with Gasteiger partial charge in [-0.05, 0) is 42.2 Å². The van der Waals surface area contributed by atoms with E-state index < -0.39 is 0 Å². The maximum absolute atomic E-state index is 5.45. The molecule has 0 aliphatic rings. The predicted molar refractivity (Wildman–Crippen MR) is 76.8 cm³/mol. The van der Waals surface area contributed by atoms with Crippen LogP contribution in [0.2, 0.25) is 0 Å². The highest BCUT2D eigenvalue weighted by atomic mass is 15.0. The Morgan fingerprint density at radius 3 is 2.22 bits per heavy atom. The van der Waals surface area contributed by atoms with Gasteiger partial charge in [-0.1, -0.05) is 36.4 Å². The van der Waals surface area contributed by atoms with Crippen LogP contribution in [-0.2, 0) is 0 Å². The lowest BCUT2D eigenvalue weighted by molar-refractivity contribution is 1.32. The van der Waals surface area contributed by atoms with E-state index in [9.17, 15) is 0 Å². The maximum atomic E-state index is 5.45. The van der Waals surface area contributed by atoms with Crippen LogP contribution in [0.4, 0.5) is 5.69 Å². The highest BCUT2D eigenvalue weighted by molar-refractivity contribution is 5.82. The smallest absolute Gasteiger partial charge is 0.191 e. The summed E-state index contributed by atoms with van der Waals surface area (Å²) >= 11 is 0. The fourth-order valence-electron chi connectivity index (χ4n) is 2.15. The SMILES string of the molecule is Cc1ccc(N=C(N)N)c(C)c1-c1ccccc1. The van der Waals surface area contributed by atoms with E-state index in [1.54, 1.807) is 0 Å². The monoisotopic (exact) mass is 239 g/mol. The standard InChI is InChI=1S/C15H17N3/c1-10-8-9-13(18-15(16)17)11(2)14(10)12-6-4-3-5-7-12/h3-9H,1-2H3,(H4,16,17,18). The summed E-state index contributed by atoms with van der Waals surface area (Å²) in [5.74, 6) is 0.0842. The average Bonchev–Trinajstić information content (AvgIpc) is 2.34. The van der Waals surface area contributed by atoms with Gasteiger partial charge in [-0.2, -0.15) is 0 Å². The molecule has 0 unspecified atom stereocenters. The first-order valence-electron chi connectivity index (χ1n) is 5.85. The fraction of sp³-hybridized carbons (Fsp3) is 0.133. The lowest BCUT2D eigenvalue weighted by Gasteiger charge is -2.12. The summed E-state index contributed by atoms with van der Waals surface area (Å²) in [4.78, 5) is 4.16. The van der Waals surface area contributed by atoms with Gasteiger partial charge in [0, 0.05) is 0 Å². The second-order valence-corrected chi connectivity index (χ2v) is 4.30. The highest BCUT2D eigenvalue weighted by Crippen LogP contribution is 2.32. The minimum Gasteiger partial charge on any atom is -0.370 e. The Morgan fingerprint density at radius 1 is 0.944 bits per heavy atom. The molecular weight excluding hydrogens is 222 g/mol. The lowest BCUT2D eigenvalue weighted by Crippen LogP contribution is -2.22. The molecule has 4 N–H and O–H groups in total. The topological polar surface area (TPSA) is 64.4 Å². The number of nitrogens with two attached hydrogens (primary N) is 2. The zero-order valence-electron chi connectivity index (χ0n) is 10.6. The molecule has 0 radical (unpaired) electrons. The number of hydrogen-bond acceptors (Lipinski definition) is 1. The van der Waals surface area contributed by atoms with Crippen LogP contribution in [0.15, 0.2) is 47.5 Å². The molecule has 0 saturated carbocycles. The molecule has 0 bridgehead atoms. The van der Waals surface area contributed by atoms with Gasteiger partial charge >= 0.3 is 0 Å². The Morgan fingerprint density at radius 2 is 1.61 bits per heavy atom. The minimum atomic E-state index is 0.0842. The normalized spacial score (nSPS) is 10.1. The molecule has 0 atom stereocenters. The molecule has 0 fully saturated rings. The van der Waals surface area contributed by atoms with Crippen LogP contribution in [0.5, 0.6) is 0 Å². The van der Waals surface area contributed by atoms with E-state index >= 15 is 0 Å². The van der Waals surface area contributed by atoms with Crippen molar-refractivity contribution < 1.29 is 0 Å². The zero-order valence-corrected chi connectivity index (χ0v) is 10.6. The Labute approximate surface area is 107 Å². The number of nitrogens with zero attached hydrogens (tertiary/aromatic N) is 1. The summed E-state index contributed by atoms with van der Waals surface area (Å²) in [6.45, 7) is 4.13. The van der Waals surface area contributed by atoms with E-state index in [0.717, 1.165) is 11.3 Å². The fourth-order valence-corrected chi connectivity index (χ4v) is 2.15. The molecule has 18 heavy (non-hydrogen) atoms. The largest absolute Gasteiger partial charge is 0.370 e. The van der Waals surface area contributed by atoms with E-state index in [1.807, 2.05) is 37.3 Å². The third kappa shape index (κ3) is 2.35. The van der Waals surface area contributed by atoms with Crippen molar-refractivity contribution in [1.29, 1.82) is 0 Å². The predicted octanol–water partition coefficient (Wildman–Crippen LogP) is 2.88. The molecule has 2 aromatic rings. The summed E-state index contributed by atoms with van der Waals surface area (Å²) in [6, 6.07) is 14.2. The van der Waals surface area contributed by atoms with Crippen molar-refractivity contribution in [2.45, 2.75) is 13.8 Å². The van der Waals surface area contributed by atoms with Gasteiger partial charge in [0.05, 0.1) is 5.69 Å².